The van der Waals surface area contributed by atoms with Gasteiger partial charge in [-0.3, -0.25) is 9.59 Å². The maximum atomic E-state index is 13.3. The molecule has 2 aromatic carbocycles. The molecule has 6 N–H and O–H groups in total. The predicted molar refractivity (Wildman–Crippen MR) is 122 cm³/mol. The predicted octanol–water partition coefficient (Wildman–Crippen LogP) is 1.77. The Morgan fingerprint density at radius 3 is 2.24 bits per heavy atom. The number of rotatable bonds is 3. The minimum atomic E-state index is -0.770. The molecular weight excluding hydrogens is 438 g/mol. The lowest BCUT2D eigenvalue weighted by molar-refractivity contribution is -0.121. The van der Waals surface area contributed by atoms with Gasteiger partial charge < -0.3 is 30.9 Å². The second-order valence-corrected chi connectivity index (χ2v) is 9.82. The van der Waals surface area contributed by atoms with Crippen LogP contribution in [0.4, 0.5) is 0 Å². The zero-order chi connectivity index (χ0) is 24.3. The number of ketones is 2. The Labute approximate surface area is 197 Å². The summed E-state index contributed by atoms with van der Waals surface area (Å²) >= 11 is 0. The van der Waals surface area contributed by atoms with E-state index in [1.54, 1.807) is 19.1 Å². The van der Waals surface area contributed by atoms with Gasteiger partial charge in [-0.05, 0) is 44.4 Å². The molecule has 180 valence electrons. The number of carbonyl (C=O) groups excluding carboxylic acids is 2. The number of aliphatic hydroxyl groups is 2. The number of aliphatic hydroxyl groups excluding tert-OH is 2. The van der Waals surface area contributed by atoms with Crippen molar-refractivity contribution in [3.05, 3.63) is 57.6 Å². The van der Waals surface area contributed by atoms with Gasteiger partial charge in [-0.25, -0.2) is 0 Å². The van der Waals surface area contributed by atoms with Crippen LogP contribution in [0, 0.1) is 5.92 Å². The average molecular weight is 468 g/mol. The first-order valence-corrected chi connectivity index (χ1v) is 11.7. The highest BCUT2D eigenvalue weighted by molar-refractivity contribution is 6.30. The maximum Gasteiger partial charge on any atom is 0.198 e. The summed E-state index contributed by atoms with van der Waals surface area (Å²) in [6.45, 7) is 1.63. The largest absolute Gasteiger partial charge is 0.507 e. The van der Waals surface area contributed by atoms with E-state index in [-0.39, 0.29) is 64.7 Å². The number of hydrogen-bond acceptors (Lipinski definition) is 8. The Bertz CT molecular complexity index is 1160. The number of ether oxygens (including phenoxy) is 1. The van der Waals surface area contributed by atoms with Gasteiger partial charge in [-0.15, -0.1) is 0 Å². The molecular formula is C26H29NO7. The molecule has 1 aliphatic heterocycles. The molecule has 8 heteroatoms. The van der Waals surface area contributed by atoms with E-state index in [9.17, 15) is 30.0 Å². The third kappa shape index (κ3) is 3.44. The van der Waals surface area contributed by atoms with Crippen LogP contribution in [0.2, 0.25) is 0 Å². The molecule has 8 nitrogen and oxygen atoms in total. The SMILES string of the molecule is C[C@H]1O[C@@H](CC2CC(CO)Cc3c(O)c4c(c(O)c32)C(=O)c2ccccc2C4=O)C[C@H](N)[C@H]1O. The first kappa shape index (κ1) is 23.0. The second kappa shape index (κ2) is 8.46. The van der Waals surface area contributed by atoms with Crippen LogP contribution < -0.4 is 5.73 Å². The number of phenolic OH excluding ortho intramolecular Hbond substituents is 2. The first-order chi connectivity index (χ1) is 16.2. The third-order valence-electron chi connectivity index (χ3n) is 7.65. The molecule has 1 fully saturated rings. The van der Waals surface area contributed by atoms with Gasteiger partial charge >= 0.3 is 0 Å². The minimum absolute atomic E-state index is 0.122. The molecule has 6 atom stereocenters. The summed E-state index contributed by atoms with van der Waals surface area (Å²) in [4.78, 5) is 26.6. The molecule has 0 bridgehead atoms. The van der Waals surface area contributed by atoms with Gasteiger partial charge in [0.05, 0.1) is 29.4 Å². The molecule has 34 heavy (non-hydrogen) atoms. The van der Waals surface area contributed by atoms with Crippen LogP contribution in [0.3, 0.4) is 0 Å². The van der Waals surface area contributed by atoms with Crippen LogP contribution in [-0.2, 0) is 11.2 Å². The Kier molecular flexibility index (Phi) is 5.72. The second-order valence-electron chi connectivity index (χ2n) is 9.82. The molecule has 0 radical (unpaired) electrons. The quantitative estimate of drug-likeness (QED) is 0.366. The smallest absolute Gasteiger partial charge is 0.198 e. The van der Waals surface area contributed by atoms with E-state index in [0.717, 1.165) is 0 Å². The fraction of sp³-hybridized carbons (Fsp3) is 0.462. The normalized spacial score (nSPS) is 30.5. The topological polar surface area (TPSA) is 150 Å². The molecule has 5 rings (SSSR count). The van der Waals surface area contributed by atoms with E-state index in [1.165, 1.54) is 12.1 Å². The third-order valence-corrected chi connectivity index (χ3v) is 7.65. The van der Waals surface area contributed by atoms with Gasteiger partial charge in [0.2, 0.25) is 0 Å². The Morgan fingerprint density at radius 2 is 1.65 bits per heavy atom. The number of nitrogens with two attached hydrogens (primary N) is 1. The van der Waals surface area contributed by atoms with Crippen LogP contribution in [0.5, 0.6) is 11.5 Å². The average Bonchev–Trinajstić information content (AvgIpc) is 2.82. The fourth-order valence-electron chi connectivity index (χ4n) is 5.98. The summed E-state index contributed by atoms with van der Waals surface area (Å²) in [6, 6.07) is 5.92. The van der Waals surface area contributed by atoms with Crippen LogP contribution in [-0.4, -0.2) is 63.0 Å². The van der Waals surface area contributed by atoms with Crippen LogP contribution in [0.15, 0.2) is 24.3 Å². The monoisotopic (exact) mass is 467 g/mol. The number of hydrogen-bond donors (Lipinski definition) is 5. The first-order valence-electron chi connectivity index (χ1n) is 11.7. The van der Waals surface area contributed by atoms with Gasteiger partial charge in [0, 0.05) is 34.9 Å². The van der Waals surface area contributed by atoms with Crippen LogP contribution in [0.25, 0.3) is 0 Å². The van der Waals surface area contributed by atoms with Gasteiger partial charge in [0.1, 0.15) is 11.5 Å². The Hall–Kier alpha value is -2.78. The highest BCUT2D eigenvalue weighted by Crippen LogP contribution is 2.51. The van der Waals surface area contributed by atoms with Gasteiger partial charge in [0.25, 0.3) is 0 Å². The molecule has 2 aromatic rings. The maximum absolute atomic E-state index is 13.3. The summed E-state index contributed by atoms with van der Waals surface area (Å²) in [5.74, 6) is -2.13. The lowest BCUT2D eigenvalue weighted by atomic mass is 9.70. The highest BCUT2D eigenvalue weighted by atomic mass is 16.5. The molecule has 2 aliphatic carbocycles. The van der Waals surface area contributed by atoms with Crippen LogP contribution in [0.1, 0.15) is 75.1 Å². The molecule has 0 amide bonds. The Morgan fingerprint density at radius 1 is 1.03 bits per heavy atom. The number of fused-ring (bicyclic) bond motifs is 3. The molecule has 0 spiro atoms. The van der Waals surface area contributed by atoms with Crippen molar-refractivity contribution in [1.29, 1.82) is 0 Å². The van der Waals surface area contributed by atoms with E-state index in [2.05, 4.69) is 0 Å². The molecule has 0 aromatic heterocycles. The van der Waals surface area contributed by atoms with Crippen molar-refractivity contribution in [3.8, 4) is 11.5 Å². The van der Waals surface area contributed by atoms with Gasteiger partial charge in [-0.2, -0.15) is 0 Å². The van der Waals surface area contributed by atoms with E-state index < -0.39 is 29.8 Å². The van der Waals surface area contributed by atoms with Gasteiger partial charge in [-0.1, -0.05) is 24.3 Å². The molecule has 1 saturated heterocycles. The molecule has 2 unspecified atom stereocenters. The summed E-state index contributed by atoms with van der Waals surface area (Å²) in [5.41, 5.74) is 6.95. The zero-order valence-electron chi connectivity index (χ0n) is 18.9. The number of phenols is 2. The molecule has 3 aliphatic rings. The number of benzene rings is 2. The van der Waals surface area contributed by atoms with E-state index in [0.29, 0.717) is 30.4 Å². The summed E-state index contributed by atoms with van der Waals surface area (Å²) < 4.78 is 5.97. The summed E-state index contributed by atoms with van der Waals surface area (Å²) in [5, 5.41) is 42.7. The van der Waals surface area contributed by atoms with Crippen molar-refractivity contribution in [1.82, 2.24) is 0 Å². The van der Waals surface area contributed by atoms with Crippen LogP contribution >= 0.6 is 0 Å². The van der Waals surface area contributed by atoms with Crippen molar-refractivity contribution in [2.24, 2.45) is 11.7 Å². The van der Waals surface area contributed by atoms with E-state index in [1.807, 2.05) is 0 Å². The van der Waals surface area contributed by atoms with Gasteiger partial charge in [0.15, 0.2) is 11.6 Å². The summed E-state index contributed by atoms with van der Waals surface area (Å²) in [6.07, 6.45) is 0.111. The highest BCUT2D eigenvalue weighted by Gasteiger charge is 2.43. The lowest BCUT2D eigenvalue weighted by Gasteiger charge is -2.40. The summed E-state index contributed by atoms with van der Waals surface area (Å²) in [7, 11) is 0. The standard InChI is InChI=1S/C26H29NO7/c1-11-22(29)18(27)9-14(34-11)8-13-6-12(10-28)7-17-19(13)26(33)21-20(25(17)32)23(30)15-4-2-3-5-16(15)24(21)31/h2-5,11-14,18,22,28-29,32-33H,6-10,27H2,1H3/t11-,12?,13?,14+,18+,22+/m1/s1. The minimum Gasteiger partial charge on any atom is -0.507 e. The van der Waals surface area contributed by atoms with Crippen molar-refractivity contribution in [2.45, 2.75) is 62.9 Å². The molecule has 0 saturated carbocycles. The number of aromatic hydroxyl groups is 2. The van der Waals surface area contributed by atoms with Crippen molar-refractivity contribution >= 4 is 11.6 Å². The number of carbonyl (C=O) groups is 2. The van der Waals surface area contributed by atoms with E-state index in [4.69, 9.17) is 10.5 Å². The molecule has 1 heterocycles. The zero-order valence-corrected chi connectivity index (χ0v) is 18.9. The lowest BCUT2D eigenvalue weighted by Crippen LogP contribution is -2.51. The van der Waals surface area contributed by atoms with E-state index >= 15 is 0 Å². The Balaban J connectivity index is 1.61. The van der Waals surface area contributed by atoms with Crippen molar-refractivity contribution in [2.75, 3.05) is 6.61 Å². The fourth-order valence-corrected chi connectivity index (χ4v) is 5.98. The van der Waals surface area contributed by atoms with Crippen molar-refractivity contribution < 1.29 is 34.8 Å². The van der Waals surface area contributed by atoms with Crippen molar-refractivity contribution in [3.63, 3.8) is 0 Å².